The maximum atomic E-state index is 12.6. The van der Waals surface area contributed by atoms with Gasteiger partial charge in [0.2, 0.25) is 0 Å². The SMILES string of the molecule is C=C1C(O)CCCC1F. The average Bonchev–Trinajstić information content (AvgIpc) is 1.83. The molecule has 1 N–H and O–H groups in total. The number of rotatable bonds is 0. The van der Waals surface area contributed by atoms with E-state index in [0.717, 1.165) is 6.42 Å². The van der Waals surface area contributed by atoms with E-state index in [2.05, 4.69) is 6.58 Å². The molecule has 0 amide bonds. The van der Waals surface area contributed by atoms with Crippen molar-refractivity contribution in [1.29, 1.82) is 0 Å². The molecule has 1 saturated carbocycles. The summed E-state index contributed by atoms with van der Waals surface area (Å²) in [6.45, 7) is 3.45. The summed E-state index contributed by atoms with van der Waals surface area (Å²) in [4.78, 5) is 0. The largest absolute Gasteiger partial charge is 0.389 e. The zero-order valence-electron chi connectivity index (χ0n) is 5.31. The number of hydrogen-bond donors (Lipinski definition) is 1. The quantitative estimate of drug-likeness (QED) is 0.492. The number of aliphatic hydroxyl groups is 1. The maximum Gasteiger partial charge on any atom is 0.123 e. The Morgan fingerprint density at radius 1 is 1.56 bits per heavy atom. The van der Waals surface area contributed by atoms with E-state index in [1.165, 1.54) is 0 Å². The Balaban J connectivity index is 2.52. The van der Waals surface area contributed by atoms with E-state index < -0.39 is 12.3 Å². The molecule has 1 rings (SSSR count). The molecule has 0 aromatic heterocycles. The van der Waals surface area contributed by atoms with Crippen LogP contribution in [0.3, 0.4) is 0 Å². The van der Waals surface area contributed by atoms with E-state index in [0.29, 0.717) is 18.4 Å². The molecule has 0 aromatic rings. The smallest absolute Gasteiger partial charge is 0.123 e. The van der Waals surface area contributed by atoms with Gasteiger partial charge in [0.25, 0.3) is 0 Å². The first-order valence-electron chi connectivity index (χ1n) is 3.22. The Morgan fingerprint density at radius 2 is 2.22 bits per heavy atom. The van der Waals surface area contributed by atoms with Crippen molar-refractivity contribution in [3.8, 4) is 0 Å². The van der Waals surface area contributed by atoms with Gasteiger partial charge in [-0.05, 0) is 24.8 Å². The minimum absolute atomic E-state index is 0.362. The standard InChI is InChI=1S/C7H11FO/c1-5-6(8)3-2-4-7(5)9/h6-7,9H,1-4H2. The van der Waals surface area contributed by atoms with Crippen LogP contribution in [0.15, 0.2) is 12.2 Å². The van der Waals surface area contributed by atoms with Crippen LogP contribution in [-0.2, 0) is 0 Å². The molecule has 1 fully saturated rings. The molecule has 2 unspecified atom stereocenters. The fourth-order valence-electron chi connectivity index (χ4n) is 1.07. The zero-order chi connectivity index (χ0) is 6.85. The van der Waals surface area contributed by atoms with E-state index in [1.807, 2.05) is 0 Å². The number of alkyl halides is 1. The number of halogens is 1. The molecule has 0 heterocycles. The van der Waals surface area contributed by atoms with E-state index in [9.17, 15) is 4.39 Å². The molecule has 0 saturated heterocycles. The summed E-state index contributed by atoms with van der Waals surface area (Å²) in [5.41, 5.74) is 0.362. The third-order valence-electron chi connectivity index (χ3n) is 1.77. The first kappa shape index (κ1) is 6.75. The molecule has 2 atom stereocenters. The van der Waals surface area contributed by atoms with Crippen molar-refractivity contribution in [3.63, 3.8) is 0 Å². The number of aliphatic hydroxyl groups excluding tert-OH is 1. The van der Waals surface area contributed by atoms with Crippen molar-refractivity contribution in [2.45, 2.75) is 31.5 Å². The summed E-state index contributed by atoms with van der Waals surface area (Å²) < 4.78 is 12.6. The molecular formula is C7H11FO. The van der Waals surface area contributed by atoms with Gasteiger partial charge in [-0.15, -0.1) is 0 Å². The summed E-state index contributed by atoms with van der Waals surface area (Å²) in [5, 5.41) is 9.01. The first-order valence-corrected chi connectivity index (χ1v) is 3.22. The van der Waals surface area contributed by atoms with Crippen LogP contribution in [0.4, 0.5) is 4.39 Å². The van der Waals surface area contributed by atoms with Gasteiger partial charge in [-0.1, -0.05) is 6.58 Å². The second kappa shape index (κ2) is 2.48. The highest BCUT2D eigenvalue weighted by Crippen LogP contribution is 2.24. The van der Waals surface area contributed by atoms with Gasteiger partial charge in [-0.25, -0.2) is 4.39 Å². The molecule has 1 nitrogen and oxygen atoms in total. The fraction of sp³-hybridized carbons (Fsp3) is 0.714. The second-order valence-corrected chi connectivity index (χ2v) is 2.49. The molecule has 0 spiro atoms. The van der Waals surface area contributed by atoms with Gasteiger partial charge in [0, 0.05) is 0 Å². The van der Waals surface area contributed by atoms with Crippen LogP contribution in [0.2, 0.25) is 0 Å². The Bertz CT molecular complexity index is 110. The van der Waals surface area contributed by atoms with E-state index in [1.54, 1.807) is 0 Å². The lowest BCUT2D eigenvalue weighted by atomic mass is 9.92. The molecule has 1 aliphatic rings. The van der Waals surface area contributed by atoms with Gasteiger partial charge in [0.1, 0.15) is 6.17 Å². The van der Waals surface area contributed by atoms with Gasteiger partial charge in [-0.3, -0.25) is 0 Å². The van der Waals surface area contributed by atoms with E-state index in [4.69, 9.17) is 5.11 Å². The lowest BCUT2D eigenvalue weighted by Gasteiger charge is -2.22. The van der Waals surface area contributed by atoms with Crippen molar-refractivity contribution in [1.82, 2.24) is 0 Å². The molecule has 0 aliphatic heterocycles. The van der Waals surface area contributed by atoms with Gasteiger partial charge >= 0.3 is 0 Å². The van der Waals surface area contributed by atoms with Gasteiger partial charge in [-0.2, -0.15) is 0 Å². The van der Waals surface area contributed by atoms with Crippen LogP contribution < -0.4 is 0 Å². The summed E-state index contributed by atoms with van der Waals surface area (Å²) >= 11 is 0. The maximum absolute atomic E-state index is 12.6. The topological polar surface area (TPSA) is 20.2 Å². The molecule has 2 heteroatoms. The summed E-state index contributed by atoms with van der Waals surface area (Å²) in [6.07, 6.45) is 0.443. The van der Waals surface area contributed by atoms with Crippen LogP contribution in [0.5, 0.6) is 0 Å². The van der Waals surface area contributed by atoms with Gasteiger partial charge < -0.3 is 5.11 Å². The molecule has 0 bridgehead atoms. The summed E-state index contributed by atoms with van der Waals surface area (Å²) in [6, 6.07) is 0. The second-order valence-electron chi connectivity index (χ2n) is 2.49. The third kappa shape index (κ3) is 1.30. The predicted molar refractivity (Wildman–Crippen MR) is 33.9 cm³/mol. The van der Waals surface area contributed by atoms with Crippen molar-refractivity contribution in [3.05, 3.63) is 12.2 Å². The van der Waals surface area contributed by atoms with Crippen molar-refractivity contribution in [2.75, 3.05) is 0 Å². The van der Waals surface area contributed by atoms with Crippen LogP contribution >= 0.6 is 0 Å². The Morgan fingerprint density at radius 3 is 2.67 bits per heavy atom. The molecule has 1 aliphatic carbocycles. The lowest BCUT2D eigenvalue weighted by Crippen LogP contribution is -2.23. The normalized spacial score (nSPS) is 36.9. The number of hydrogen-bond acceptors (Lipinski definition) is 1. The molecule has 0 aromatic carbocycles. The highest BCUT2D eigenvalue weighted by Gasteiger charge is 2.23. The Hall–Kier alpha value is -0.370. The third-order valence-corrected chi connectivity index (χ3v) is 1.77. The summed E-state index contributed by atoms with van der Waals surface area (Å²) in [7, 11) is 0. The van der Waals surface area contributed by atoms with Crippen LogP contribution in [0.25, 0.3) is 0 Å². The molecule has 9 heavy (non-hydrogen) atoms. The van der Waals surface area contributed by atoms with Crippen LogP contribution in [-0.4, -0.2) is 17.4 Å². The predicted octanol–water partition coefficient (Wildman–Crippen LogP) is 1.43. The molecule has 52 valence electrons. The fourth-order valence-corrected chi connectivity index (χ4v) is 1.07. The highest BCUT2D eigenvalue weighted by molar-refractivity contribution is 5.10. The molecular weight excluding hydrogens is 119 g/mol. The van der Waals surface area contributed by atoms with Crippen LogP contribution in [0, 0.1) is 0 Å². The first-order chi connectivity index (χ1) is 4.22. The van der Waals surface area contributed by atoms with E-state index >= 15 is 0 Å². The molecule has 0 radical (unpaired) electrons. The van der Waals surface area contributed by atoms with Crippen LogP contribution in [0.1, 0.15) is 19.3 Å². The van der Waals surface area contributed by atoms with Crippen molar-refractivity contribution in [2.24, 2.45) is 0 Å². The Kier molecular flexibility index (Phi) is 1.86. The highest BCUT2D eigenvalue weighted by atomic mass is 19.1. The minimum atomic E-state index is -0.964. The average molecular weight is 130 g/mol. The lowest BCUT2D eigenvalue weighted by molar-refractivity contribution is 0.145. The van der Waals surface area contributed by atoms with Gasteiger partial charge in [0.05, 0.1) is 6.10 Å². The zero-order valence-corrected chi connectivity index (χ0v) is 5.31. The Labute approximate surface area is 54.2 Å². The van der Waals surface area contributed by atoms with E-state index in [-0.39, 0.29) is 0 Å². The van der Waals surface area contributed by atoms with Crippen molar-refractivity contribution >= 4 is 0 Å². The summed E-state index contributed by atoms with van der Waals surface area (Å²) in [5.74, 6) is 0. The minimum Gasteiger partial charge on any atom is -0.389 e. The van der Waals surface area contributed by atoms with Gasteiger partial charge in [0.15, 0.2) is 0 Å². The monoisotopic (exact) mass is 130 g/mol. The van der Waals surface area contributed by atoms with Crippen molar-refractivity contribution < 1.29 is 9.50 Å².